The maximum Gasteiger partial charge on any atom is 0.257 e. The number of rotatable bonds is 7. The molecule has 0 aliphatic rings. The molecule has 0 bridgehead atoms. The van der Waals surface area contributed by atoms with Crippen molar-refractivity contribution in [2.75, 3.05) is 30.1 Å². The van der Waals surface area contributed by atoms with Gasteiger partial charge in [0.15, 0.2) is 0 Å². The molecule has 0 saturated heterocycles. The quantitative estimate of drug-likeness (QED) is 0.355. The van der Waals surface area contributed by atoms with Gasteiger partial charge in [0.2, 0.25) is 5.95 Å². The number of carbonyl (C=O) groups is 1. The van der Waals surface area contributed by atoms with Gasteiger partial charge in [-0.1, -0.05) is 23.7 Å². The summed E-state index contributed by atoms with van der Waals surface area (Å²) in [7, 11) is 3.41. The van der Waals surface area contributed by atoms with Gasteiger partial charge >= 0.3 is 0 Å². The molecule has 9 heteroatoms. The summed E-state index contributed by atoms with van der Waals surface area (Å²) in [5, 5.41) is 10.4. The van der Waals surface area contributed by atoms with E-state index in [9.17, 15) is 4.79 Å². The number of nitrogens with one attached hydrogen (secondary N) is 3. The second-order valence-corrected chi connectivity index (χ2v) is 7.29. The fourth-order valence-corrected chi connectivity index (χ4v) is 3.20. The standard InChI is InChI=1S/C23H21ClN6O2/c1-25-23-29-19-9-8-17(32-2)11-18(19)21(30-23)27-12-14-3-6-16(7-4-14)28-22(31)15-5-10-20(24)26-13-15/h3-11,13H,12H2,1-2H3,(H,28,31)(H2,25,27,29,30). The molecule has 1 amide bonds. The van der Waals surface area contributed by atoms with E-state index in [2.05, 4.69) is 30.9 Å². The number of methoxy groups -OCH3 is 1. The molecular formula is C23H21ClN6O2. The Morgan fingerprint density at radius 2 is 1.88 bits per heavy atom. The van der Waals surface area contributed by atoms with Gasteiger partial charge in [0.1, 0.15) is 16.7 Å². The van der Waals surface area contributed by atoms with Crippen LogP contribution in [0.3, 0.4) is 0 Å². The van der Waals surface area contributed by atoms with Crippen molar-refractivity contribution in [2.45, 2.75) is 6.54 Å². The summed E-state index contributed by atoms with van der Waals surface area (Å²) in [5.41, 5.74) is 2.95. The fourth-order valence-electron chi connectivity index (χ4n) is 3.09. The van der Waals surface area contributed by atoms with Crippen molar-refractivity contribution >= 4 is 45.9 Å². The van der Waals surface area contributed by atoms with E-state index in [-0.39, 0.29) is 5.91 Å². The summed E-state index contributed by atoms with van der Waals surface area (Å²) < 4.78 is 5.34. The lowest BCUT2D eigenvalue weighted by Crippen LogP contribution is -2.12. The van der Waals surface area contributed by atoms with E-state index in [0.29, 0.717) is 34.7 Å². The zero-order chi connectivity index (χ0) is 22.5. The van der Waals surface area contributed by atoms with Crippen molar-refractivity contribution in [3.05, 3.63) is 77.1 Å². The summed E-state index contributed by atoms with van der Waals surface area (Å²) in [5.74, 6) is 1.71. The number of hydrogen-bond donors (Lipinski definition) is 3. The molecule has 3 N–H and O–H groups in total. The Morgan fingerprint density at radius 3 is 2.56 bits per heavy atom. The number of ether oxygens (including phenoxy) is 1. The molecule has 0 atom stereocenters. The number of amides is 1. The van der Waals surface area contributed by atoms with Crippen LogP contribution < -0.4 is 20.7 Å². The lowest BCUT2D eigenvalue weighted by Gasteiger charge is -2.12. The van der Waals surface area contributed by atoms with Gasteiger partial charge in [0.05, 0.1) is 18.2 Å². The summed E-state index contributed by atoms with van der Waals surface area (Å²) in [6.07, 6.45) is 1.44. The highest BCUT2D eigenvalue weighted by atomic mass is 35.5. The Hall–Kier alpha value is -3.91. The van der Waals surface area contributed by atoms with E-state index in [1.165, 1.54) is 6.20 Å². The molecule has 0 spiro atoms. The molecule has 162 valence electrons. The van der Waals surface area contributed by atoms with Crippen LogP contribution in [0.2, 0.25) is 5.15 Å². The molecule has 2 aromatic heterocycles. The number of fused-ring (bicyclic) bond motifs is 1. The maximum atomic E-state index is 12.3. The first-order valence-electron chi connectivity index (χ1n) is 9.85. The van der Waals surface area contributed by atoms with Crippen LogP contribution in [0.15, 0.2) is 60.8 Å². The van der Waals surface area contributed by atoms with Gasteiger partial charge < -0.3 is 20.7 Å². The zero-order valence-electron chi connectivity index (χ0n) is 17.5. The van der Waals surface area contributed by atoms with Crippen molar-refractivity contribution in [1.82, 2.24) is 15.0 Å². The first kappa shape index (κ1) is 21.3. The SMILES string of the molecule is CNc1nc(NCc2ccc(NC(=O)c3ccc(Cl)nc3)cc2)c2cc(OC)ccc2n1. The Bertz CT molecular complexity index is 1250. The summed E-state index contributed by atoms with van der Waals surface area (Å²) in [6, 6.07) is 16.4. The molecule has 0 radical (unpaired) electrons. The highest BCUT2D eigenvalue weighted by Gasteiger charge is 2.10. The summed E-state index contributed by atoms with van der Waals surface area (Å²) in [6.45, 7) is 0.543. The third-order valence-electron chi connectivity index (χ3n) is 4.79. The molecule has 0 aliphatic heterocycles. The third-order valence-corrected chi connectivity index (χ3v) is 5.01. The van der Waals surface area contributed by atoms with Crippen LogP contribution >= 0.6 is 11.6 Å². The minimum atomic E-state index is -0.249. The Balaban J connectivity index is 1.46. The Morgan fingerprint density at radius 1 is 1.06 bits per heavy atom. The number of nitrogens with zero attached hydrogens (tertiary/aromatic N) is 3. The fraction of sp³-hybridized carbons (Fsp3) is 0.130. The molecule has 2 aromatic carbocycles. The molecule has 0 aliphatic carbocycles. The van der Waals surface area contributed by atoms with Gasteiger partial charge in [-0.25, -0.2) is 9.97 Å². The number of aromatic nitrogens is 3. The van der Waals surface area contributed by atoms with E-state index < -0.39 is 0 Å². The van der Waals surface area contributed by atoms with E-state index in [0.717, 1.165) is 22.2 Å². The van der Waals surface area contributed by atoms with Crippen LogP contribution in [-0.2, 0) is 6.54 Å². The lowest BCUT2D eigenvalue weighted by molar-refractivity contribution is 0.102. The first-order valence-corrected chi connectivity index (χ1v) is 10.2. The van der Waals surface area contributed by atoms with Crippen molar-refractivity contribution in [3.63, 3.8) is 0 Å². The average Bonchev–Trinajstić information content (AvgIpc) is 2.83. The van der Waals surface area contributed by atoms with Crippen molar-refractivity contribution in [3.8, 4) is 5.75 Å². The van der Waals surface area contributed by atoms with Gasteiger partial charge in [0, 0.05) is 30.9 Å². The number of carbonyl (C=O) groups excluding carboxylic acids is 1. The lowest BCUT2D eigenvalue weighted by atomic mass is 10.2. The largest absolute Gasteiger partial charge is 0.497 e. The van der Waals surface area contributed by atoms with Crippen LogP contribution in [0.5, 0.6) is 5.75 Å². The van der Waals surface area contributed by atoms with Gasteiger partial charge in [0.25, 0.3) is 5.91 Å². The molecule has 4 rings (SSSR count). The topological polar surface area (TPSA) is 101 Å². The zero-order valence-corrected chi connectivity index (χ0v) is 18.3. The average molecular weight is 449 g/mol. The molecule has 0 fully saturated rings. The van der Waals surface area contributed by atoms with Gasteiger partial charge in [-0.15, -0.1) is 0 Å². The molecule has 32 heavy (non-hydrogen) atoms. The maximum absolute atomic E-state index is 12.3. The van der Waals surface area contributed by atoms with Gasteiger partial charge in [-0.2, -0.15) is 4.98 Å². The van der Waals surface area contributed by atoms with E-state index in [1.807, 2.05) is 42.5 Å². The van der Waals surface area contributed by atoms with Crippen molar-refractivity contribution in [1.29, 1.82) is 0 Å². The Kier molecular flexibility index (Phi) is 6.32. The second-order valence-electron chi connectivity index (χ2n) is 6.90. The highest BCUT2D eigenvalue weighted by molar-refractivity contribution is 6.29. The number of benzene rings is 2. The number of anilines is 3. The predicted octanol–water partition coefficient (Wildman–Crippen LogP) is 4.59. The number of pyridine rings is 1. The van der Waals surface area contributed by atoms with Crippen molar-refractivity contribution in [2.24, 2.45) is 0 Å². The molecule has 8 nitrogen and oxygen atoms in total. The van der Waals surface area contributed by atoms with Crippen molar-refractivity contribution < 1.29 is 9.53 Å². The molecule has 0 unspecified atom stereocenters. The van der Waals surface area contributed by atoms with Crippen LogP contribution in [0, 0.1) is 0 Å². The first-order chi connectivity index (χ1) is 15.6. The second kappa shape index (κ2) is 9.49. The summed E-state index contributed by atoms with van der Waals surface area (Å²) in [4.78, 5) is 25.3. The molecule has 2 heterocycles. The van der Waals surface area contributed by atoms with Crippen LogP contribution in [0.1, 0.15) is 15.9 Å². The Labute approximate surface area is 190 Å². The van der Waals surface area contributed by atoms with Gasteiger partial charge in [-0.3, -0.25) is 4.79 Å². The number of hydrogen-bond acceptors (Lipinski definition) is 7. The monoisotopic (exact) mass is 448 g/mol. The molecular weight excluding hydrogens is 428 g/mol. The van der Waals surface area contributed by atoms with E-state index in [4.69, 9.17) is 16.3 Å². The predicted molar refractivity (Wildman–Crippen MR) is 127 cm³/mol. The van der Waals surface area contributed by atoms with Gasteiger partial charge in [-0.05, 0) is 48.0 Å². The minimum Gasteiger partial charge on any atom is -0.497 e. The van der Waals surface area contributed by atoms with Crippen LogP contribution in [-0.4, -0.2) is 35.0 Å². The molecule has 4 aromatic rings. The summed E-state index contributed by atoms with van der Waals surface area (Å²) >= 11 is 5.77. The minimum absolute atomic E-state index is 0.249. The number of halogens is 1. The third kappa shape index (κ3) is 4.87. The van der Waals surface area contributed by atoms with Crippen LogP contribution in [0.4, 0.5) is 17.5 Å². The highest BCUT2D eigenvalue weighted by Crippen LogP contribution is 2.27. The van der Waals surface area contributed by atoms with Crippen LogP contribution in [0.25, 0.3) is 10.9 Å². The van der Waals surface area contributed by atoms with E-state index >= 15 is 0 Å². The molecule has 0 saturated carbocycles. The smallest absolute Gasteiger partial charge is 0.257 e. The van der Waals surface area contributed by atoms with E-state index in [1.54, 1.807) is 26.3 Å². The normalized spacial score (nSPS) is 10.6.